The third kappa shape index (κ3) is 3.84. The number of carbonyl (C=O) groups excluding carboxylic acids is 1. The first-order chi connectivity index (χ1) is 16.5. The van der Waals surface area contributed by atoms with E-state index < -0.39 is 5.54 Å². The predicted octanol–water partition coefficient (Wildman–Crippen LogP) is 1.37. The van der Waals surface area contributed by atoms with E-state index in [4.69, 9.17) is 0 Å². The van der Waals surface area contributed by atoms with Crippen LogP contribution in [-0.2, 0) is 30.3 Å². The lowest BCUT2D eigenvalue weighted by atomic mass is 9.94. The zero-order valence-electron chi connectivity index (χ0n) is 20.4. The highest BCUT2D eigenvalue weighted by atomic mass is 16.2. The fourth-order valence-electron chi connectivity index (χ4n) is 4.19. The summed E-state index contributed by atoms with van der Waals surface area (Å²) in [6, 6.07) is 2.04. The lowest BCUT2D eigenvalue weighted by Crippen LogP contribution is -2.39. The van der Waals surface area contributed by atoms with E-state index in [9.17, 15) is 19.6 Å². The fourth-order valence-corrected chi connectivity index (χ4v) is 4.19. The molecule has 1 N–H and O–H groups in total. The van der Waals surface area contributed by atoms with Crippen molar-refractivity contribution < 1.29 is 4.79 Å². The van der Waals surface area contributed by atoms with Gasteiger partial charge in [-0.2, -0.15) is 10.2 Å². The number of aromatic nitrogens is 7. The molecular formula is C23H25N9O3. The number of rotatable bonds is 5. The Kier molecular flexibility index (Phi) is 5.72. The molecule has 0 radical (unpaired) electrons. The number of hydrogen-bond acceptors (Lipinski definition) is 8. The average Bonchev–Trinajstić information content (AvgIpc) is 3.10. The van der Waals surface area contributed by atoms with E-state index >= 15 is 0 Å². The number of pyridine rings is 1. The Labute approximate surface area is 199 Å². The Hall–Kier alpha value is -4.40. The van der Waals surface area contributed by atoms with E-state index in [0.29, 0.717) is 23.2 Å². The molecule has 0 aromatic carbocycles. The minimum Gasteiger partial charge on any atom is -0.307 e. The number of nitriles is 1. The molecule has 0 fully saturated rings. The second kappa shape index (κ2) is 8.43. The fraction of sp³-hybridized carbons (Fsp3) is 0.391. The van der Waals surface area contributed by atoms with E-state index in [2.05, 4.69) is 25.3 Å². The summed E-state index contributed by atoms with van der Waals surface area (Å²) in [7, 11) is 1.63. The smallest absolute Gasteiger partial charge is 0.280 e. The summed E-state index contributed by atoms with van der Waals surface area (Å²) in [5.74, 6) is -0.0927. The number of hydrogen-bond donors (Lipinski definition) is 1. The molecule has 0 saturated carbocycles. The van der Waals surface area contributed by atoms with Crippen LogP contribution in [0, 0.1) is 18.3 Å². The van der Waals surface area contributed by atoms with Crippen LogP contribution < -0.4 is 16.4 Å². The van der Waals surface area contributed by atoms with Gasteiger partial charge in [-0.15, -0.1) is 0 Å². The number of aryl methyl sites for hydroxylation is 3. The van der Waals surface area contributed by atoms with Crippen molar-refractivity contribution in [3.63, 3.8) is 0 Å². The number of nitrogens with one attached hydrogen (secondary N) is 1. The van der Waals surface area contributed by atoms with Crippen molar-refractivity contribution in [1.82, 2.24) is 33.6 Å². The third-order valence-electron chi connectivity index (χ3n) is 6.10. The summed E-state index contributed by atoms with van der Waals surface area (Å²) in [6.45, 7) is 9.10. The minimum absolute atomic E-state index is 0.0595. The topological polar surface area (TPSA) is 153 Å². The van der Waals surface area contributed by atoms with Gasteiger partial charge >= 0.3 is 0 Å². The van der Waals surface area contributed by atoms with Crippen molar-refractivity contribution >= 4 is 33.9 Å². The quantitative estimate of drug-likeness (QED) is 0.454. The molecule has 4 rings (SSSR count). The molecule has 4 aromatic heterocycles. The van der Waals surface area contributed by atoms with Gasteiger partial charge in [0.05, 0.1) is 11.7 Å². The molecule has 0 aliphatic rings. The van der Waals surface area contributed by atoms with E-state index in [1.54, 1.807) is 14.0 Å². The lowest BCUT2D eigenvalue weighted by Gasteiger charge is -2.27. The first kappa shape index (κ1) is 23.7. The Morgan fingerprint density at radius 2 is 1.89 bits per heavy atom. The maximum Gasteiger partial charge on any atom is 0.280 e. The molecule has 0 bridgehead atoms. The highest BCUT2D eigenvalue weighted by molar-refractivity contribution is 5.89. The maximum absolute atomic E-state index is 13.5. The van der Waals surface area contributed by atoms with Gasteiger partial charge in [-0.3, -0.25) is 28.8 Å². The van der Waals surface area contributed by atoms with Crippen molar-refractivity contribution in [1.29, 1.82) is 5.26 Å². The van der Waals surface area contributed by atoms with Crippen LogP contribution in [0.4, 0.5) is 5.95 Å². The molecule has 4 aromatic rings. The largest absolute Gasteiger partial charge is 0.307 e. The number of imidazole rings is 1. The first-order valence-electron chi connectivity index (χ1n) is 11.0. The predicted molar refractivity (Wildman–Crippen MR) is 129 cm³/mol. The zero-order valence-corrected chi connectivity index (χ0v) is 20.4. The van der Waals surface area contributed by atoms with Crippen LogP contribution in [0.5, 0.6) is 0 Å². The standard InChI is InChI=1S/C23H25N9O3/c1-7-31-10-25-17-15(9-24)28-14(12(2)16(17)20(31)34)8-23(4,5)32-11-26-19-18(21(32)35)30(6)22(29-19)27-13(3)33/h10-11H,7-8H2,1-6H3,(H,27,29,33). The molecule has 35 heavy (non-hydrogen) atoms. The van der Waals surface area contributed by atoms with Gasteiger partial charge in [-0.25, -0.2) is 15.0 Å². The molecule has 180 valence electrons. The van der Waals surface area contributed by atoms with Crippen LogP contribution in [-0.4, -0.2) is 39.5 Å². The van der Waals surface area contributed by atoms with E-state index in [1.807, 2.05) is 26.8 Å². The van der Waals surface area contributed by atoms with Crippen LogP contribution >= 0.6 is 0 Å². The number of anilines is 1. The number of carbonyl (C=O) groups is 1. The van der Waals surface area contributed by atoms with Gasteiger partial charge in [0.25, 0.3) is 11.1 Å². The first-order valence-corrected chi connectivity index (χ1v) is 11.0. The van der Waals surface area contributed by atoms with E-state index in [-0.39, 0.29) is 51.8 Å². The normalized spacial score (nSPS) is 11.7. The van der Waals surface area contributed by atoms with Gasteiger partial charge in [0, 0.05) is 38.2 Å². The highest BCUT2D eigenvalue weighted by Crippen LogP contribution is 2.26. The van der Waals surface area contributed by atoms with Crippen molar-refractivity contribution in [2.45, 2.75) is 53.1 Å². The van der Waals surface area contributed by atoms with Gasteiger partial charge in [0.15, 0.2) is 16.9 Å². The Morgan fingerprint density at radius 1 is 1.17 bits per heavy atom. The van der Waals surface area contributed by atoms with Crippen LogP contribution in [0.1, 0.15) is 44.6 Å². The Balaban J connectivity index is 1.87. The summed E-state index contributed by atoms with van der Waals surface area (Å²) in [5.41, 5.74) is 0.485. The lowest BCUT2D eigenvalue weighted by molar-refractivity contribution is -0.114. The van der Waals surface area contributed by atoms with Gasteiger partial charge in [-0.05, 0) is 33.3 Å². The summed E-state index contributed by atoms with van der Waals surface area (Å²) >= 11 is 0. The molecule has 1 amide bonds. The van der Waals surface area contributed by atoms with Crippen LogP contribution in [0.25, 0.3) is 22.1 Å². The average molecular weight is 476 g/mol. The van der Waals surface area contributed by atoms with Gasteiger partial charge in [-0.1, -0.05) is 0 Å². The van der Waals surface area contributed by atoms with Gasteiger partial charge in [0.2, 0.25) is 11.9 Å². The zero-order chi connectivity index (χ0) is 25.7. The summed E-state index contributed by atoms with van der Waals surface area (Å²) in [6.07, 6.45) is 3.07. The Morgan fingerprint density at radius 3 is 2.51 bits per heavy atom. The number of amides is 1. The molecule has 0 spiro atoms. The maximum atomic E-state index is 13.5. The summed E-state index contributed by atoms with van der Waals surface area (Å²) < 4.78 is 4.44. The van der Waals surface area contributed by atoms with Crippen LogP contribution in [0.3, 0.4) is 0 Å². The summed E-state index contributed by atoms with van der Waals surface area (Å²) in [5, 5.41) is 12.6. The number of fused-ring (bicyclic) bond motifs is 2. The Bertz CT molecular complexity index is 1670. The molecule has 0 atom stereocenters. The third-order valence-corrected chi connectivity index (χ3v) is 6.10. The van der Waals surface area contributed by atoms with E-state index in [1.165, 1.54) is 33.3 Å². The van der Waals surface area contributed by atoms with Crippen molar-refractivity contribution in [3.05, 3.63) is 50.3 Å². The summed E-state index contributed by atoms with van der Waals surface area (Å²) in [4.78, 5) is 55.3. The van der Waals surface area contributed by atoms with Crippen molar-refractivity contribution in [2.24, 2.45) is 7.05 Å². The minimum atomic E-state index is -0.832. The van der Waals surface area contributed by atoms with Crippen molar-refractivity contribution in [2.75, 3.05) is 5.32 Å². The van der Waals surface area contributed by atoms with E-state index in [0.717, 1.165) is 0 Å². The number of nitrogens with zero attached hydrogens (tertiary/aromatic N) is 8. The second-order valence-electron chi connectivity index (χ2n) is 8.96. The molecule has 0 aliphatic carbocycles. The van der Waals surface area contributed by atoms with Crippen LogP contribution in [0.2, 0.25) is 0 Å². The molecule has 4 heterocycles. The molecule has 12 nitrogen and oxygen atoms in total. The van der Waals surface area contributed by atoms with Gasteiger partial charge < -0.3 is 4.57 Å². The SMILES string of the molecule is CCn1cnc2c(C#N)nc(CC(C)(C)n3cnc4nc(NC(C)=O)n(C)c4c3=O)c(C)c2c1=O. The highest BCUT2D eigenvalue weighted by Gasteiger charge is 2.28. The molecule has 0 saturated heterocycles. The monoisotopic (exact) mass is 475 g/mol. The van der Waals surface area contributed by atoms with Crippen molar-refractivity contribution in [3.8, 4) is 6.07 Å². The molecule has 0 aliphatic heterocycles. The second-order valence-corrected chi connectivity index (χ2v) is 8.96. The molecule has 0 unspecified atom stereocenters. The van der Waals surface area contributed by atoms with Gasteiger partial charge in [0.1, 0.15) is 17.9 Å². The molecular weight excluding hydrogens is 450 g/mol. The van der Waals surface area contributed by atoms with Crippen LogP contribution in [0.15, 0.2) is 22.2 Å². The molecule has 12 heteroatoms.